The van der Waals surface area contributed by atoms with Gasteiger partial charge in [0.2, 0.25) is 0 Å². The van der Waals surface area contributed by atoms with E-state index >= 15 is 0 Å². The van der Waals surface area contributed by atoms with E-state index in [4.69, 9.17) is 23.2 Å². The van der Waals surface area contributed by atoms with Crippen LogP contribution in [0.5, 0.6) is 0 Å². The van der Waals surface area contributed by atoms with Crippen LogP contribution in [0.15, 0.2) is 48.5 Å². The van der Waals surface area contributed by atoms with E-state index in [1.165, 1.54) is 9.13 Å². The summed E-state index contributed by atoms with van der Waals surface area (Å²) in [6, 6.07) is 16.0. The lowest BCUT2D eigenvalue weighted by Crippen LogP contribution is -1.98. The average molecular weight is 377 g/mol. The summed E-state index contributed by atoms with van der Waals surface area (Å²) in [6.07, 6.45) is 0.794. The Morgan fingerprint density at radius 1 is 1.06 bits per heavy atom. The van der Waals surface area contributed by atoms with Crippen LogP contribution < -0.4 is 0 Å². The second-order valence-electron chi connectivity index (χ2n) is 3.82. The maximum absolute atomic E-state index is 6.45. The zero-order valence-electron chi connectivity index (χ0n) is 9.04. The first-order valence-electron chi connectivity index (χ1n) is 5.30. The largest absolute Gasteiger partial charge is 0.117 e. The second-order valence-corrected chi connectivity index (χ2v) is 5.95. The van der Waals surface area contributed by atoms with Gasteiger partial charge in [0.05, 0.1) is 5.38 Å². The molecule has 0 aliphatic rings. The van der Waals surface area contributed by atoms with Crippen molar-refractivity contribution in [2.45, 2.75) is 11.8 Å². The molecule has 2 rings (SSSR count). The van der Waals surface area contributed by atoms with Crippen molar-refractivity contribution >= 4 is 45.8 Å². The molecule has 2 aromatic rings. The van der Waals surface area contributed by atoms with Crippen LogP contribution in [0.25, 0.3) is 0 Å². The van der Waals surface area contributed by atoms with Crippen molar-refractivity contribution in [3.63, 3.8) is 0 Å². The summed E-state index contributed by atoms with van der Waals surface area (Å²) in [6.45, 7) is 0. The molecule has 3 heteroatoms. The number of hydrogen-bond acceptors (Lipinski definition) is 0. The summed E-state index contributed by atoms with van der Waals surface area (Å²) in [7, 11) is 0. The highest BCUT2D eigenvalue weighted by Crippen LogP contribution is 2.29. The topological polar surface area (TPSA) is 0 Å². The average Bonchev–Trinajstić information content (AvgIpc) is 2.29. The van der Waals surface area contributed by atoms with Gasteiger partial charge in [-0.05, 0) is 58.3 Å². The molecule has 0 aliphatic carbocycles. The fraction of sp³-hybridized carbons (Fsp3) is 0.143. The minimum absolute atomic E-state index is 0.0124. The molecular formula is C14H11Cl2I. The summed E-state index contributed by atoms with van der Waals surface area (Å²) in [4.78, 5) is 0. The monoisotopic (exact) mass is 376 g/mol. The molecule has 0 saturated carbocycles. The van der Waals surface area contributed by atoms with Crippen molar-refractivity contribution in [1.82, 2.24) is 0 Å². The summed E-state index contributed by atoms with van der Waals surface area (Å²) in [5, 5.41) is 0.746. The van der Waals surface area contributed by atoms with Crippen LogP contribution in [0, 0.1) is 3.57 Å². The highest BCUT2D eigenvalue weighted by Gasteiger charge is 2.11. The smallest absolute Gasteiger partial charge is 0.0635 e. The molecule has 0 aromatic heterocycles. The number of benzene rings is 2. The van der Waals surface area contributed by atoms with Crippen LogP contribution in [-0.2, 0) is 6.42 Å². The van der Waals surface area contributed by atoms with Crippen LogP contribution in [0.3, 0.4) is 0 Å². The van der Waals surface area contributed by atoms with Crippen molar-refractivity contribution in [1.29, 1.82) is 0 Å². The highest BCUT2D eigenvalue weighted by molar-refractivity contribution is 14.1. The van der Waals surface area contributed by atoms with Gasteiger partial charge in [-0.25, -0.2) is 0 Å². The van der Waals surface area contributed by atoms with Crippen molar-refractivity contribution in [3.05, 3.63) is 68.3 Å². The van der Waals surface area contributed by atoms with Gasteiger partial charge in [0.15, 0.2) is 0 Å². The van der Waals surface area contributed by atoms with Gasteiger partial charge in [-0.3, -0.25) is 0 Å². The van der Waals surface area contributed by atoms with Crippen LogP contribution in [0.4, 0.5) is 0 Å². The van der Waals surface area contributed by atoms with Crippen molar-refractivity contribution in [2.75, 3.05) is 0 Å². The van der Waals surface area contributed by atoms with E-state index in [1.807, 2.05) is 30.3 Å². The molecule has 0 fully saturated rings. The Morgan fingerprint density at radius 3 is 2.53 bits per heavy atom. The fourth-order valence-electron chi connectivity index (χ4n) is 1.71. The molecule has 1 atom stereocenters. The Morgan fingerprint density at radius 2 is 1.82 bits per heavy atom. The number of halogens is 3. The molecule has 0 radical (unpaired) electrons. The molecule has 0 amide bonds. The van der Waals surface area contributed by atoms with Crippen molar-refractivity contribution in [3.8, 4) is 0 Å². The Labute approximate surface area is 125 Å². The lowest BCUT2D eigenvalue weighted by atomic mass is 10.0. The first-order chi connectivity index (χ1) is 8.16. The third kappa shape index (κ3) is 3.60. The first kappa shape index (κ1) is 13.2. The standard InChI is InChI=1S/C14H11Cl2I/c15-11-5-3-4-10(8-11)9-13(16)12-6-1-2-7-14(12)17/h1-8,13H,9H2. The molecule has 0 N–H and O–H groups in total. The van der Waals surface area contributed by atoms with Gasteiger partial charge in [0, 0.05) is 8.59 Å². The summed E-state index contributed by atoms with van der Waals surface area (Å²) < 4.78 is 1.20. The molecular weight excluding hydrogens is 366 g/mol. The van der Waals surface area contributed by atoms with Gasteiger partial charge in [0.25, 0.3) is 0 Å². The molecule has 2 aromatic carbocycles. The van der Waals surface area contributed by atoms with E-state index in [0.717, 1.165) is 17.0 Å². The zero-order chi connectivity index (χ0) is 12.3. The Balaban J connectivity index is 2.17. The molecule has 0 saturated heterocycles. The quantitative estimate of drug-likeness (QED) is 0.492. The minimum atomic E-state index is -0.0124. The Kier molecular flexibility index (Phi) is 4.71. The third-order valence-electron chi connectivity index (χ3n) is 2.55. The van der Waals surface area contributed by atoms with E-state index in [1.54, 1.807) is 0 Å². The van der Waals surface area contributed by atoms with Crippen molar-refractivity contribution < 1.29 is 0 Å². The lowest BCUT2D eigenvalue weighted by Gasteiger charge is -2.12. The van der Waals surface area contributed by atoms with Gasteiger partial charge < -0.3 is 0 Å². The molecule has 0 bridgehead atoms. The van der Waals surface area contributed by atoms with Crippen molar-refractivity contribution in [2.24, 2.45) is 0 Å². The summed E-state index contributed by atoms with van der Waals surface area (Å²) >= 11 is 14.7. The molecule has 0 spiro atoms. The van der Waals surface area contributed by atoms with Gasteiger partial charge >= 0.3 is 0 Å². The molecule has 0 aliphatic heterocycles. The van der Waals surface area contributed by atoms with E-state index < -0.39 is 0 Å². The van der Waals surface area contributed by atoms with Crippen LogP contribution in [0.1, 0.15) is 16.5 Å². The van der Waals surface area contributed by atoms with E-state index in [9.17, 15) is 0 Å². The maximum atomic E-state index is 6.45. The number of hydrogen-bond donors (Lipinski definition) is 0. The minimum Gasteiger partial charge on any atom is -0.117 e. The Bertz CT molecular complexity index is 511. The predicted molar refractivity (Wildman–Crippen MR) is 82.9 cm³/mol. The van der Waals surface area contributed by atoms with Gasteiger partial charge in [0.1, 0.15) is 0 Å². The summed E-state index contributed by atoms with van der Waals surface area (Å²) in [5.41, 5.74) is 2.34. The zero-order valence-corrected chi connectivity index (χ0v) is 12.7. The van der Waals surface area contributed by atoms with Gasteiger partial charge in [-0.1, -0.05) is 41.9 Å². The predicted octanol–water partition coefficient (Wildman–Crippen LogP) is 5.47. The fourth-order valence-corrected chi connectivity index (χ4v) is 3.24. The normalized spacial score (nSPS) is 12.4. The molecule has 1 unspecified atom stereocenters. The number of alkyl halides is 1. The molecule has 0 heterocycles. The van der Waals surface area contributed by atoms with Crippen LogP contribution in [0.2, 0.25) is 5.02 Å². The van der Waals surface area contributed by atoms with E-state index in [-0.39, 0.29) is 5.38 Å². The first-order valence-corrected chi connectivity index (χ1v) is 7.19. The second kappa shape index (κ2) is 6.07. The molecule has 0 nitrogen and oxygen atoms in total. The van der Waals surface area contributed by atoms with Gasteiger partial charge in [-0.2, -0.15) is 0 Å². The van der Waals surface area contributed by atoms with Crippen LogP contribution in [-0.4, -0.2) is 0 Å². The van der Waals surface area contributed by atoms with E-state index in [2.05, 4.69) is 40.8 Å². The highest BCUT2D eigenvalue weighted by atomic mass is 127. The van der Waals surface area contributed by atoms with E-state index in [0.29, 0.717) is 0 Å². The third-order valence-corrected chi connectivity index (χ3v) is 4.15. The van der Waals surface area contributed by atoms with Gasteiger partial charge in [-0.15, -0.1) is 11.6 Å². The van der Waals surface area contributed by atoms with Crippen LogP contribution >= 0.6 is 45.8 Å². The number of rotatable bonds is 3. The Hall–Kier alpha value is -0.250. The SMILES string of the molecule is Clc1cccc(CC(Cl)c2ccccc2I)c1. The maximum Gasteiger partial charge on any atom is 0.0635 e. The molecule has 88 valence electrons. The summed E-state index contributed by atoms with van der Waals surface area (Å²) in [5.74, 6) is 0. The lowest BCUT2D eigenvalue weighted by molar-refractivity contribution is 0.914. The molecule has 17 heavy (non-hydrogen) atoms.